The molecule has 1 fully saturated rings. The summed E-state index contributed by atoms with van der Waals surface area (Å²) in [6.07, 6.45) is 4.04. The molecule has 1 aromatic rings. The van der Waals surface area contributed by atoms with Crippen molar-refractivity contribution >= 4 is 0 Å². The van der Waals surface area contributed by atoms with Crippen LogP contribution in [-0.4, -0.2) is 9.78 Å². The van der Waals surface area contributed by atoms with Gasteiger partial charge in [-0.15, -0.1) is 0 Å². The van der Waals surface area contributed by atoms with Crippen LogP contribution in [0.3, 0.4) is 0 Å². The van der Waals surface area contributed by atoms with Gasteiger partial charge < -0.3 is 5.73 Å². The highest BCUT2D eigenvalue weighted by Gasteiger charge is 2.42. The van der Waals surface area contributed by atoms with E-state index >= 15 is 0 Å². The number of hydrogen-bond acceptors (Lipinski definition) is 2. The standard InChI is InChI=1S/C9H15N3/c1-7(2)12-8(3-6-11-12)9(10)4-5-9/h3,6-7H,4-5,10H2,1-2H3. The molecule has 0 aromatic carbocycles. The van der Waals surface area contributed by atoms with Crippen LogP contribution < -0.4 is 5.73 Å². The van der Waals surface area contributed by atoms with Crippen molar-refractivity contribution in [2.45, 2.75) is 38.3 Å². The first-order chi connectivity index (χ1) is 5.63. The molecule has 0 saturated heterocycles. The van der Waals surface area contributed by atoms with Gasteiger partial charge in [0.15, 0.2) is 0 Å². The third-order valence-corrected chi connectivity index (χ3v) is 2.46. The molecular weight excluding hydrogens is 150 g/mol. The Kier molecular flexibility index (Phi) is 1.51. The highest BCUT2D eigenvalue weighted by molar-refractivity contribution is 5.21. The van der Waals surface area contributed by atoms with Crippen LogP contribution in [0.15, 0.2) is 12.3 Å². The Morgan fingerprint density at radius 2 is 2.25 bits per heavy atom. The molecule has 0 bridgehead atoms. The molecule has 2 rings (SSSR count). The normalized spacial score (nSPS) is 20.0. The Bertz CT molecular complexity index is 284. The third-order valence-electron chi connectivity index (χ3n) is 2.46. The van der Waals surface area contributed by atoms with Gasteiger partial charge >= 0.3 is 0 Å². The van der Waals surface area contributed by atoms with E-state index < -0.39 is 0 Å². The maximum Gasteiger partial charge on any atom is 0.0585 e. The van der Waals surface area contributed by atoms with Gasteiger partial charge in [0.2, 0.25) is 0 Å². The van der Waals surface area contributed by atoms with Gasteiger partial charge in [-0.25, -0.2) is 0 Å². The van der Waals surface area contributed by atoms with Crippen LogP contribution in [0, 0.1) is 0 Å². The molecule has 0 spiro atoms. The predicted octanol–water partition coefficient (Wildman–Crippen LogP) is 1.41. The van der Waals surface area contributed by atoms with Crippen LogP contribution >= 0.6 is 0 Å². The predicted molar refractivity (Wildman–Crippen MR) is 47.7 cm³/mol. The lowest BCUT2D eigenvalue weighted by Gasteiger charge is -2.15. The number of nitrogens with two attached hydrogens (primary N) is 1. The second kappa shape index (κ2) is 2.33. The van der Waals surface area contributed by atoms with Crippen molar-refractivity contribution in [1.29, 1.82) is 0 Å². The number of aromatic nitrogens is 2. The van der Waals surface area contributed by atoms with Gasteiger partial charge in [-0.05, 0) is 32.8 Å². The average molecular weight is 165 g/mol. The van der Waals surface area contributed by atoms with Crippen molar-refractivity contribution in [2.24, 2.45) is 5.73 Å². The maximum atomic E-state index is 6.09. The summed E-state index contributed by atoms with van der Waals surface area (Å²) in [4.78, 5) is 0. The molecule has 12 heavy (non-hydrogen) atoms. The molecule has 1 aromatic heterocycles. The van der Waals surface area contributed by atoms with E-state index in [0.29, 0.717) is 6.04 Å². The van der Waals surface area contributed by atoms with Crippen LogP contribution in [0.5, 0.6) is 0 Å². The molecule has 1 aliphatic carbocycles. The first-order valence-corrected chi connectivity index (χ1v) is 4.46. The lowest BCUT2D eigenvalue weighted by atomic mass is 10.2. The van der Waals surface area contributed by atoms with Crippen molar-refractivity contribution in [2.75, 3.05) is 0 Å². The second-order valence-corrected chi connectivity index (χ2v) is 3.91. The molecule has 0 aliphatic heterocycles. The monoisotopic (exact) mass is 165 g/mol. The molecule has 1 aliphatic rings. The summed E-state index contributed by atoms with van der Waals surface area (Å²) in [5.41, 5.74) is 7.23. The van der Waals surface area contributed by atoms with E-state index in [0.717, 1.165) is 12.8 Å². The van der Waals surface area contributed by atoms with Crippen molar-refractivity contribution < 1.29 is 0 Å². The molecule has 66 valence electrons. The van der Waals surface area contributed by atoms with Crippen LogP contribution in [0.25, 0.3) is 0 Å². The van der Waals surface area contributed by atoms with Crippen LogP contribution in [0.1, 0.15) is 38.4 Å². The first-order valence-electron chi connectivity index (χ1n) is 4.46. The Balaban J connectivity index is 2.37. The molecule has 0 unspecified atom stereocenters. The fraction of sp³-hybridized carbons (Fsp3) is 0.667. The summed E-state index contributed by atoms with van der Waals surface area (Å²) in [5, 5.41) is 4.26. The molecular formula is C9H15N3. The molecule has 0 amide bonds. The van der Waals surface area contributed by atoms with Gasteiger partial charge in [-0.3, -0.25) is 4.68 Å². The van der Waals surface area contributed by atoms with E-state index in [1.54, 1.807) is 0 Å². The highest BCUT2D eigenvalue weighted by atomic mass is 15.3. The zero-order chi connectivity index (χ0) is 8.77. The Morgan fingerprint density at radius 3 is 2.75 bits per heavy atom. The van der Waals surface area contributed by atoms with Crippen molar-refractivity contribution in [3.05, 3.63) is 18.0 Å². The van der Waals surface area contributed by atoms with Crippen LogP contribution in [0.4, 0.5) is 0 Å². The molecule has 1 heterocycles. The van der Waals surface area contributed by atoms with Gasteiger partial charge in [-0.1, -0.05) is 0 Å². The fourth-order valence-corrected chi connectivity index (χ4v) is 1.51. The summed E-state index contributed by atoms with van der Waals surface area (Å²) in [6, 6.07) is 2.45. The van der Waals surface area contributed by atoms with Gasteiger partial charge in [0.25, 0.3) is 0 Å². The number of rotatable bonds is 2. The SMILES string of the molecule is CC(C)n1nccc1C1(N)CC1. The Morgan fingerprint density at radius 1 is 1.58 bits per heavy atom. The van der Waals surface area contributed by atoms with E-state index in [1.165, 1.54) is 5.69 Å². The van der Waals surface area contributed by atoms with Crippen molar-refractivity contribution in [3.8, 4) is 0 Å². The summed E-state index contributed by atoms with van der Waals surface area (Å²) < 4.78 is 2.02. The zero-order valence-corrected chi connectivity index (χ0v) is 7.62. The van der Waals surface area contributed by atoms with Crippen LogP contribution in [-0.2, 0) is 5.54 Å². The van der Waals surface area contributed by atoms with Gasteiger partial charge in [0, 0.05) is 12.2 Å². The van der Waals surface area contributed by atoms with E-state index in [4.69, 9.17) is 5.73 Å². The van der Waals surface area contributed by atoms with Crippen molar-refractivity contribution in [3.63, 3.8) is 0 Å². The first kappa shape index (κ1) is 7.80. The summed E-state index contributed by atoms with van der Waals surface area (Å²) in [6.45, 7) is 4.25. The Hall–Kier alpha value is -0.830. The highest BCUT2D eigenvalue weighted by Crippen LogP contribution is 2.42. The minimum absolute atomic E-state index is 0.0548. The summed E-state index contributed by atoms with van der Waals surface area (Å²) >= 11 is 0. The summed E-state index contributed by atoms with van der Waals surface area (Å²) in [7, 11) is 0. The van der Waals surface area contributed by atoms with E-state index in [1.807, 2.05) is 16.9 Å². The smallest absolute Gasteiger partial charge is 0.0585 e. The fourth-order valence-electron chi connectivity index (χ4n) is 1.51. The molecule has 3 nitrogen and oxygen atoms in total. The lowest BCUT2D eigenvalue weighted by Crippen LogP contribution is -2.24. The topological polar surface area (TPSA) is 43.8 Å². The second-order valence-electron chi connectivity index (χ2n) is 3.91. The average Bonchev–Trinajstić information content (AvgIpc) is 2.61. The summed E-state index contributed by atoms with van der Waals surface area (Å²) in [5.74, 6) is 0. The zero-order valence-electron chi connectivity index (χ0n) is 7.62. The van der Waals surface area contributed by atoms with Gasteiger partial charge in [0.1, 0.15) is 0 Å². The minimum atomic E-state index is -0.0548. The van der Waals surface area contributed by atoms with Gasteiger partial charge in [0.05, 0.1) is 11.2 Å². The molecule has 0 atom stereocenters. The molecule has 0 radical (unpaired) electrons. The lowest BCUT2D eigenvalue weighted by molar-refractivity contribution is 0.481. The number of hydrogen-bond donors (Lipinski definition) is 1. The van der Waals surface area contributed by atoms with E-state index in [9.17, 15) is 0 Å². The van der Waals surface area contributed by atoms with Crippen molar-refractivity contribution in [1.82, 2.24) is 9.78 Å². The minimum Gasteiger partial charge on any atom is -0.320 e. The van der Waals surface area contributed by atoms with Gasteiger partial charge in [-0.2, -0.15) is 5.10 Å². The van der Waals surface area contributed by atoms with E-state index in [2.05, 4.69) is 18.9 Å². The largest absolute Gasteiger partial charge is 0.320 e. The van der Waals surface area contributed by atoms with E-state index in [-0.39, 0.29) is 5.54 Å². The maximum absolute atomic E-state index is 6.09. The molecule has 2 N–H and O–H groups in total. The molecule has 3 heteroatoms. The third kappa shape index (κ3) is 1.05. The van der Waals surface area contributed by atoms with Crippen LogP contribution in [0.2, 0.25) is 0 Å². The number of nitrogens with zero attached hydrogens (tertiary/aromatic N) is 2. The molecule has 1 saturated carbocycles. The Labute approximate surface area is 72.6 Å². The quantitative estimate of drug-likeness (QED) is 0.720.